The fourth-order valence-electron chi connectivity index (χ4n) is 2.24. The van der Waals surface area contributed by atoms with Crippen LogP contribution in [0.25, 0.3) is 0 Å². The maximum Gasteiger partial charge on any atom is 0.227 e. The molecule has 5 heteroatoms. The van der Waals surface area contributed by atoms with Crippen LogP contribution < -0.4 is 9.47 Å². The first-order valence-electron chi connectivity index (χ1n) is 7.06. The lowest BCUT2D eigenvalue weighted by Crippen LogP contribution is -2.30. The molecule has 0 aliphatic heterocycles. The Balaban J connectivity index is 2.14. The van der Waals surface area contributed by atoms with Gasteiger partial charge in [-0.05, 0) is 36.6 Å². The smallest absolute Gasteiger partial charge is 0.227 e. The van der Waals surface area contributed by atoms with E-state index in [0.29, 0.717) is 5.75 Å². The number of likely N-dealkylation sites (N-methyl/N-ethyl adjacent to an activating group) is 1. The molecule has 0 spiro atoms. The van der Waals surface area contributed by atoms with Gasteiger partial charge in [0.05, 0.1) is 26.7 Å². The van der Waals surface area contributed by atoms with Crippen molar-refractivity contribution in [3.05, 3.63) is 46.2 Å². The van der Waals surface area contributed by atoms with Crippen LogP contribution in [0.2, 0.25) is 0 Å². The summed E-state index contributed by atoms with van der Waals surface area (Å²) >= 11 is 1.66. The number of hydrogen-bond donors (Lipinski definition) is 0. The van der Waals surface area contributed by atoms with E-state index in [9.17, 15) is 4.79 Å². The highest BCUT2D eigenvalue weighted by Gasteiger charge is 2.20. The van der Waals surface area contributed by atoms with E-state index in [1.54, 1.807) is 30.5 Å². The molecule has 0 radical (unpaired) electrons. The third-order valence-electron chi connectivity index (χ3n) is 3.76. The summed E-state index contributed by atoms with van der Waals surface area (Å²) in [5.41, 5.74) is 0.831. The topological polar surface area (TPSA) is 38.8 Å². The number of benzene rings is 1. The normalized spacial score (nSPS) is 11.8. The lowest BCUT2D eigenvalue weighted by molar-refractivity contribution is -0.131. The van der Waals surface area contributed by atoms with E-state index in [1.807, 2.05) is 49.7 Å². The Bertz CT molecular complexity index is 625. The highest BCUT2D eigenvalue weighted by Crippen LogP contribution is 2.27. The molecule has 4 nitrogen and oxygen atoms in total. The van der Waals surface area contributed by atoms with Crippen molar-refractivity contribution >= 4 is 17.2 Å². The van der Waals surface area contributed by atoms with Gasteiger partial charge >= 0.3 is 0 Å². The van der Waals surface area contributed by atoms with Crippen LogP contribution in [0.1, 0.15) is 23.4 Å². The molecule has 0 fully saturated rings. The van der Waals surface area contributed by atoms with Crippen LogP contribution >= 0.6 is 11.3 Å². The summed E-state index contributed by atoms with van der Waals surface area (Å²) in [4.78, 5) is 15.5. The Labute approximate surface area is 135 Å². The molecule has 2 aromatic rings. The van der Waals surface area contributed by atoms with Crippen molar-refractivity contribution in [3.8, 4) is 11.5 Å². The second kappa shape index (κ2) is 7.31. The van der Waals surface area contributed by atoms with E-state index in [-0.39, 0.29) is 18.4 Å². The molecular weight excluding hydrogens is 298 g/mol. The number of thiophene rings is 1. The van der Waals surface area contributed by atoms with E-state index in [4.69, 9.17) is 9.47 Å². The van der Waals surface area contributed by atoms with Gasteiger partial charge in [-0.3, -0.25) is 4.79 Å². The summed E-state index contributed by atoms with van der Waals surface area (Å²) < 4.78 is 10.6. The monoisotopic (exact) mass is 319 g/mol. The predicted molar refractivity (Wildman–Crippen MR) is 88.8 cm³/mol. The lowest BCUT2D eigenvalue weighted by Gasteiger charge is -2.24. The second-order valence-electron chi connectivity index (χ2n) is 5.05. The number of ether oxygens (including phenoxy) is 2. The van der Waals surface area contributed by atoms with Crippen LogP contribution in [0.5, 0.6) is 11.5 Å². The molecule has 1 aromatic carbocycles. The number of rotatable bonds is 6. The molecule has 1 aromatic heterocycles. The van der Waals surface area contributed by atoms with Crippen LogP contribution in [0.4, 0.5) is 0 Å². The lowest BCUT2D eigenvalue weighted by atomic mass is 10.1. The van der Waals surface area contributed by atoms with Crippen molar-refractivity contribution in [1.29, 1.82) is 0 Å². The maximum atomic E-state index is 12.6. The van der Waals surface area contributed by atoms with Gasteiger partial charge in [0.1, 0.15) is 11.5 Å². The minimum absolute atomic E-state index is 0.0486. The Kier molecular flexibility index (Phi) is 5.44. The molecule has 0 aliphatic carbocycles. The standard InChI is InChI=1S/C17H21NO3S/c1-12(16-6-5-9-22-16)18(2)17(19)11-13-10-14(20-3)7-8-15(13)21-4/h5-10,12H,11H2,1-4H3/t12-/m0/s1. The van der Waals surface area contributed by atoms with Crippen molar-refractivity contribution < 1.29 is 14.3 Å². The summed E-state index contributed by atoms with van der Waals surface area (Å²) in [7, 11) is 5.05. The minimum atomic E-state index is 0.0486. The Morgan fingerprint density at radius 2 is 2.05 bits per heavy atom. The van der Waals surface area contributed by atoms with Gasteiger partial charge < -0.3 is 14.4 Å². The van der Waals surface area contributed by atoms with Gasteiger partial charge in [-0.25, -0.2) is 0 Å². The molecule has 118 valence electrons. The summed E-state index contributed by atoms with van der Waals surface area (Å²) in [6.45, 7) is 2.03. The quantitative estimate of drug-likeness (QED) is 0.817. The highest BCUT2D eigenvalue weighted by atomic mass is 32.1. The fourth-order valence-corrected chi connectivity index (χ4v) is 3.07. The van der Waals surface area contributed by atoms with Gasteiger partial charge in [0.15, 0.2) is 0 Å². The van der Waals surface area contributed by atoms with Crippen LogP contribution in [0.15, 0.2) is 35.7 Å². The molecule has 22 heavy (non-hydrogen) atoms. The number of nitrogens with zero attached hydrogens (tertiary/aromatic N) is 1. The summed E-state index contributed by atoms with van der Waals surface area (Å²) in [5, 5.41) is 2.02. The van der Waals surface area contributed by atoms with Gasteiger partial charge in [-0.15, -0.1) is 11.3 Å². The molecule has 0 saturated heterocycles. The minimum Gasteiger partial charge on any atom is -0.497 e. The average molecular weight is 319 g/mol. The number of amides is 1. The first-order chi connectivity index (χ1) is 10.6. The third kappa shape index (κ3) is 3.60. The van der Waals surface area contributed by atoms with E-state index in [2.05, 4.69) is 0 Å². The number of methoxy groups -OCH3 is 2. The zero-order valence-electron chi connectivity index (χ0n) is 13.3. The fraction of sp³-hybridized carbons (Fsp3) is 0.353. The van der Waals surface area contributed by atoms with Crippen LogP contribution in [-0.4, -0.2) is 32.1 Å². The first kappa shape index (κ1) is 16.4. The largest absolute Gasteiger partial charge is 0.497 e. The number of hydrogen-bond acceptors (Lipinski definition) is 4. The molecular formula is C17H21NO3S. The predicted octanol–water partition coefficient (Wildman–Crippen LogP) is 3.53. The van der Waals surface area contributed by atoms with E-state index >= 15 is 0 Å². The number of carbonyl (C=O) groups excluding carboxylic acids is 1. The van der Waals surface area contributed by atoms with Crippen molar-refractivity contribution in [2.24, 2.45) is 0 Å². The molecule has 0 unspecified atom stereocenters. The zero-order valence-corrected chi connectivity index (χ0v) is 14.1. The Hall–Kier alpha value is -2.01. The summed E-state index contributed by atoms with van der Waals surface area (Å²) in [6, 6.07) is 9.60. The van der Waals surface area contributed by atoms with Crippen LogP contribution in [0, 0.1) is 0 Å². The molecule has 0 saturated carbocycles. The molecule has 0 N–H and O–H groups in total. The van der Waals surface area contributed by atoms with Crippen molar-refractivity contribution in [1.82, 2.24) is 4.90 Å². The SMILES string of the molecule is COc1ccc(OC)c(CC(=O)N(C)[C@@H](C)c2cccs2)c1. The Morgan fingerprint density at radius 3 is 2.64 bits per heavy atom. The zero-order chi connectivity index (χ0) is 16.1. The molecule has 1 heterocycles. The second-order valence-corrected chi connectivity index (χ2v) is 6.03. The van der Waals surface area contributed by atoms with E-state index in [0.717, 1.165) is 11.3 Å². The molecule has 1 amide bonds. The third-order valence-corrected chi connectivity index (χ3v) is 4.80. The summed E-state index contributed by atoms with van der Waals surface area (Å²) in [6.07, 6.45) is 0.284. The first-order valence-corrected chi connectivity index (χ1v) is 7.94. The van der Waals surface area contributed by atoms with Gasteiger partial charge in [0.25, 0.3) is 0 Å². The maximum absolute atomic E-state index is 12.6. The van der Waals surface area contributed by atoms with Gasteiger partial charge in [0.2, 0.25) is 5.91 Å². The van der Waals surface area contributed by atoms with Crippen LogP contribution in [-0.2, 0) is 11.2 Å². The molecule has 1 atom stereocenters. The van der Waals surface area contributed by atoms with E-state index < -0.39 is 0 Å². The summed E-state index contributed by atoms with van der Waals surface area (Å²) in [5.74, 6) is 1.47. The van der Waals surface area contributed by atoms with Gasteiger partial charge in [-0.1, -0.05) is 6.07 Å². The van der Waals surface area contributed by atoms with Crippen molar-refractivity contribution in [2.45, 2.75) is 19.4 Å². The Morgan fingerprint density at radius 1 is 1.27 bits per heavy atom. The van der Waals surface area contributed by atoms with E-state index in [1.165, 1.54) is 4.88 Å². The van der Waals surface area contributed by atoms with Gasteiger partial charge in [0, 0.05) is 17.5 Å². The van der Waals surface area contributed by atoms with Crippen molar-refractivity contribution in [2.75, 3.05) is 21.3 Å². The van der Waals surface area contributed by atoms with Crippen LogP contribution in [0.3, 0.4) is 0 Å². The van der Waals surface area contributed by atoms with Crippen molar-refractivity contribution in [3.63, 3.8) is 0 Å². The molecule has 0 bridgehead atoms. The average Bonchev–Trinajstić information content (AvgIpc) is 3.07. The molecule has 0 aliphatic rings. The number of carbonyl (C=O) groups is 1. The van der Waals surface area contributed by atoms with Gasteiger partial charge in [-0.2, -0.15) is 0 Å². The highest BCUT2D eigenvalue weighted by molar-refractivity contribution is 7.10. The molecule has 2 rings (SSSR count).